The molecule has 90 valence electrons. The predicted octanol–water partition coefficient (Wildman–Crippen LogP) is 3.42. The Bertz CT molecular complexity index is 355. The molecule has 0 spiro atoms. The van der Waals surface area contributed by atoms with Crippen molar-refractivity contribution < 1.29 is 0 Å². The monoisotopic (exact) mass is 303 g/mol. The molecule has 0 bridgehead atoms. The van der Waals surface area contributed by atoms with Crippen molar-refractivity contribution in [2.24, 2.45) is 0 Å². The van der Waals surface area contributed by atoms with E-state index in [1.165, 1.54) is 0 Å². The maximum Gasteiger partial charge on any atom is 0.141 e. The van der Waals surface area contributed by atoms with Crippen LogP contribution in [0.25, 0.3) is 0 Å². The van der Waals surface area contributed by atoms with Crippen LogP contribution in [0, 0.1) is 0 Å². The zero-order valence-electron chi connectivity index (χ0n) is 9.96. The van der Waals surface area contributed by atoms with E-state index in [0.29, 0.717) is 11.1 Å². The molecular formula is C11H18BrN3S. The van der Waals surface area contributed by atoms with Crippen LogP contribution in [0.4, 0.5) is 5.82 Å². The molecule has 0 atom stereocenters. The van der Waals surface area contributed by atoms with Crippen LogP contribution in [0.15, 0.2) is 4.47 Å². The van der Waals surface area contributed by atoms with Gasteiger partial charge in [0.2, 0.25) is 0 Å². The van der Waals surface area contributed by atoms with Crippen molar-refractivity contribution in [1.82, 2.24) is 9.97 Å². The summed E-state index contributed by atoms with van der Waals surface area (Å²) < 4.78 is 0.854. The fourth-order valence-corrected chi connectivity index (χ4v) is 2.26. The standard InChI is InChI=1S/C11H18BrN3S/c1-4-5-8-10(12)11(13)15-9(14-8)6-16-7(2)3/h7H,4-6H2,1-3H3,(H2,13,14,15). The van der Waals surface area contributed by atoms with Gasteiger partial charge in [0.15, 0.2) is 0 Å². The van der Waals surface area contributed by atoms with E-state index in [1.54, 1.807) is 0 Å². The molecule has 0 fully saturated rings. The van der Waals surface area contributed by atoms with Gasteiger partial charge in [-0.05, 0) is 27.6 Å². The molecule has 0 saturated heterocycles. The fourth-order valence-electron chi connectivity index (χ4n) is 1.27. The van der Waals surface area contributed by atoms with Crippen LogP contribution >= 0.6 is 27.7 Å². The Morgan fingerprint density at radius 2 is 2.06 bits per heavy atom. The Hall–Kier alpha value is -0.290. The molecule has 3 nitrogen and oxygen atoms in total. The third-order valence-corrected chi connectivity index (χ3v) is 3.98. The lowest BCUT2D eigenvalue weighted by molar-refractivity contribution is 0.848. The van der Waals surface area contributed by atoms with Crippen LogP contribution in [-0.2, 0) is 12.2 Å². The van der Waals surface area contributed by atoms with E-state index in [1.807, 2.05) is 11.8 Å². The van der Waals surface area contributed by atoms with Gasteiger partial charge in [0, 0.05) is 0 Å². The topological polar surface area (TPSA) is 51.8 Å². The van der Waals surface area contributed by atoms with Gasteiger partial charge in [0.25, 0.3) is 0 Å². The summed E-state index contributed by atoms with van der Waals surface area (Å²) in [5.74, 6) is 2.21. The molecule has 0 radical (unpaired) electrons. The van der Waals surface area contributed by atoms with Crippen molar-refractivity contribution >= 4 is 33.5 Å². The molecule has 0 aromatic carbocycles. The van der Waals surface area contributed by atoms with Gasteiger partial charge in [-0.2, -0.15) is 11.8 Å². The van der Waals surface area contributed by atoms with Crippen molar-refractivity contribution in [1.29, 1.82) is 0 Å². The minimum absolute atomic E-state index is 0.554. The molecule has 0 aliphatic carbocycles. The number of anilines is 1. The summed E-state index contributed by atoms with van der Waals surface area (Å²) in [6.45, 7) is 6.47. The lowest BCUT2D eigenvalue weighted by atomic mass is 10.2. The van der Waals surface area contributed by atoms with Gasteiger partial charge in [-0.25, -0.2) is 9.97 Å². The molecule has 0 unspecified atom stereocenters. The highest BCUT2D eigenvalue weighted by Crippen LogP contribution is 2.24. The van der Waals surface area contributed by atoms with E-state index < -0.39 is 0 Å². The summed E-state index contributed by atoms with van der Waals surface area (Å²) in [4.78, 5) is 8.82. The Balaban J connectivity index is 2.86. The van der Waals surface area contributed by atoms with Crippen LogP contribution in [0.1, 0.15) is 38.7 Å². The molecule has 16 heavy (non-hydrogen) atoms. The van der Waals surface area contributed by atoms with Crippen LogP contribution in [0.2, 0.25) is 0 Å². The van der Waals surface area contributed by atoms with Gasteiger partial charge < -0.3 is 5.73 Å². The Morgan fingerprint density at radius 3 is 2.62 bits per heavy atom. The second kappa shape index (κ2) is 6.45. The van der Waals surface area contributed by atoms with Gasteiger partial charge in [-0.1, -0.05) is 27.2 Å². The fraction of sp³-hybridized carbons (Fsp3) is 0.636. The van der Waals surface area contributed by atoms with Gasteiger partial charge in [-0.15, -0.1) is 0 Å². The average molecular weight is 304 g/mol. The zero-order valence-corrected chi connectivity index (χ0v) is 12.4. The van der Waals surface area contributed by atoms with Gasteiger partial charge in [0.1, 0.15) is 11.6 Å². The Morgan fingerprint density at radius 1 is 1.38 bits per heavy atom. The molecule has 2 N–H and O–H groups in total. The van der Waals surface area contributed by atoms with E-state index in [2.05, 4.69) is 46.7 Å². The van der Waals surface area contributed by atoms with Crippen LogP contribution in [0.5, 0.6) is 0 Å². The van der Waals surface area contributed by atoms with Crippen LogP contribution < -0.4 is 5.73 Å². The minimum Gasteiger partial charge on any atom is -0.383 e. The third-order valence-electron chi connectivity index (χ3n) is 2.02. The number of aromatic nitrogens is 2. The molecule has 0 aliphatic heterocycles. The van der Waals surface area contributed by atoms with Crippen LogP contribution in [0.3, 0.4) is 0 Å². The quantitative estimate of drug-likeness (QED) is 0.905. The van der Waals surface area contributed by atoms with Crippen LogP contribution in [-0.4, -0.2) is 15.2 Å². The predicted molar refractivity (Wildman–Crippen MR) is 74.6 cm³/mol. The zero-order chi connectivity index (χ0) is 12.1. The number of nitrogens with zero attached hydrogens (tertiary/aromatic N) is 2. The summed E-state index contributed by atoms with van der Waals surface area (Å²) >= 11 is 5.27. The lowest BCUT2D eigenvalue weighted by Gasteiger charge is -2.09. The third kappa shape index (κ3) is 3.94. The second-order valence-corrected chi connectivity index (χ2v) is 6.25. The van der Waals surface area contributed by atoms with E-state index in [0.717, 1.165) is 34.6 Å². The van der Waals surface area contributed by atoms with Gasteiger partial charge >= 0.3 is 0 Å². The molecule has 0 saturated carbocycles. The van der Waals surface area contributed by atoms with Crippen molar-refractivity contribution in [3.8, 4) is 0 Å². The second-order valence-electron chi connectivity index (χ2n) is 3.90. The number of hydrogen-bond donors (Lipinski definition) is 1. The van der Waals surface area contributed by atoms with Gasteiger partial charge in [-0.3, -0.25) is 0 Å². The summed E-state index contributed by atoms with van der Waals surface area (Å²) in [5.41, 5.74) is 6.87. The first-order chi connectivity index (χ1) is 7.54. The average Bonchev–Trinajstić information content (AvgIpc) is 2.22. The van der Waals surface area contributed by atoms with E-state index >= 15 is 0 Å². The maximum atomic E-state index is 5.85. The number of hydrogen-bond acceptors (Lipinski definition) is 4. The van der Waals surface area contributed by atoms with Crippen molar-refractivity contribution in [2.75, 3.05) is 5.73 Å². The summed E-state index contributed by atoms with van der Waals surface area (Å²) in [7, 11) is 0. The molecule has 1 aromatic rings. The largest absolute Gasteiger partial charge is 0.383 e. The van der Waals surface area contributed by atoms with E-state index in [9.17, 15) is 0 Å². The van der Waals surface area contributed by atoms with E-state index in [-0.39, 0.29) is 0 Å². The number of halogens is 1. The highest BCUT2D eigenvalue weighted by Gasteiger charge is 2.09. The molecular weight excluding hydrogens is 286 g/mol. The molecule has 1 aromatic heterocycles. The number of nitrogen functional groups attached to an aromatic ring is 1. The Kier molecular flexibility index (Phi) is 5.55. The van der Waals surface area contributed by atoms with Gasteiger partial charge in [0.05, 0.1) is 15.9 Å². The highest BCUT2D eigenvalue weighted by atomic mass is 79.9. The molecule has 0 amide bonds. The summed E-state index contributed by atoms with van der Waals surface area (Å²) in [5, 5.41) is 0.586. The highest BCUT2D eigenvalue weighted by molar-refractivity contribution is 9.10. The van der Waals surface area contributed by atoms with Crippen molar-refractivity contribution in [3.05, 3.63) is 16.0 Å². The number of nitrogens with two attached hydrogens (primary N) is 1. The first-order valence-corrected chi connectivity index (χ1v) is 7.31. The molecule has 1 heterocycles. The lowest BCUT2D eigenvalue weighted by Crippen LogP contribution is -2.05. The SMILES string of the molecule is CCCc1nc(CSC(C)C)nc(N)c1Br. The first kappa shape index (κ1) is 13.8. The molecule has 5 heteroatoms. The molecule has 1 rings (SSSR count). The number of thioether (sulfide) groups is 1. The summed E-state index contributed by atoms with van der Waals surface area (Å²) in [6.07, 6.45) is 2.00. The normalized spacial score (nSPS) is 11.1. The summed E-state index contributed by atoms with van der Waals surface area (Å²) in [6, 6.07) is 0. The maximum absolute atomic E-state index is 5.85. The Labute approximate surface area is 110 Å². The smallest absolute Gasteiger partial charge is 0.141 e. The number of aryl methyl sites for hydroxylation is 1. The van der Waals surface area contributed by atoms with Crippen molar-refractivity contribution in [2.45, 2.75) is 44.6 Å². The molecule has 0 aliphatic rings. The first-order valence-electron chi connectivity index (χ1n) is 5.47. The van der Waals surface area contributed by atoms with Crippen molar-refractivity contribution in [3.63, 3.8) is 0 Å². The number of rotatable bonds is 5. The van der Waals surface area contributed by atoms with E-state index in [4.69, 9.17) is 5.73 Å². The minimum atomic E-state index is 0.554.